The standard InChI is InChI=1S/C21H32N4O2S.HI/c1-7-22-20(24-13-19-25-18(14-28-19)21(3,4)5)23-12-15(2)27-17-11-9-8-10-16(17)26-6;/h8-11,14-15H,7,12-13H2,1-6H3,(H2,22,23,24);1H. The molecule has 1 heterocycles. The van der Waals surface area contributed by atoms with Crippen molar-refractivity contribution in [1.82, 2.24) is 15.6 Å². The Labute approximate surface area is 195 Å². The summed E-state index contributed by atoms with van der Waals surface area (Å²) in [6.07, 6.45) is -0.0486. The minimum atomic E-state index is -0.0486. The highest BCUT2D eigenvalue weighted by Gasteiger charge is 2.17. The highest BCUT2D eigenvalue weighted by Crippen LogP contribution is 2.26. The van der Waals surface area contributed by atoms with Gasteiger partial charge in [0.1, 0.15) is 11.1 Å². The molecule has 2 aromatic rings. The Morgan fingerprint density at radius 3 is 2.48 bits per heavy atom. The number of aromatic nitrogens is 1. The molecule has 0 saturated heterocycles. The molecule has 0 saturated carbocycles. The second kappa shape index (κ2) is 12.2. The number of para-hydroxylation sites is 2. The van der Waals surface area contributed by atoms with Crippen LogP contribution in [-0.4, -0.2) is 37.2 Å². The number of hydrogen-bond donors (Lipinski definition) is 2. The van der Waals surface area contributed by atoms with E-state index in [2.05, 4.69) is 41.8 Å². The Morgan fingerprint density at radius 2 is 1.90 bits per heavy atom. The average molecular weight is 532 g/mol. The highest BCUT2D eigenvalue weighted by molar-refractivity contribution is 14.0. The number of halogens is 1. The third-order valence-corrected chi connectivity index (χ3v) is 4.82. The van der Waals surface area contributed by atoms with Gasteiger partial charge in [-0.3, -0.25) is 0 Å². The molecule has 6 nitrogen and oxygen atoms in total. The molecule has 1 aromatic carbocycles. The van der Waals surface area contributed by atoms with Crippen molar-refractivity contribution in [3.05, 3.63) is 40.3 Å². The summed E-state index contributed by atoms with van der Waals surface area (Å²) in [5.41, 5.74) is 1.17. The SMILES string of the molecule is CCNC(=NCc1nc(C(C)(C)C)cs1)NCC(C)Oc1ccccc1OC.I. The number of benzene rings is 1. The molecule has 0 aliphatic heterocycles. The Kier molecular flexibility index (Phi) is 10.7. The summed E-state index contributed by atoms with van der Waals surface area (Å²) < 4.78 is 11.3. The van der Waals surface area contributed by atoms with Gasteiger partial charge in [-0.25, -0.2) is 9.98 Å². The van der Waals surface area contributed by atoms with E-state index in [1.165, 1.54) is 0 Å². The average Bonchev–Trinajstić information content (AvgIpc) is 3.14. The van der Waals surface area contributed by atoms with Crippen LogP contribution < -0.4 is 20.1 Å². The van der Waals surface area contributed by atoms with E-state index in [4.69, 9.17) is 14.5 Å². The van der Waals surface area contributed by atoms with E-state index in [0.29, 0.717) is 13.1 Å². The molecule has 0 bridgehead atoms. The van der Waals surface area contributed by atoms with Crippen molar-refractivity contribution in [3.63, 3.8) is 0 Å². The van der Waals surface area contributed by atoms with Crippen LogP contribution >= 0.6 is 35.3 Å². The summed E-state index contributed by atoms with van der Waals surface area (Å²) in [7, 11) is 1.64. The van der Waals surface area contributed by atoms with E-state index >= 15 is 0 Å². The molecule has 1 atom stereocenters. The fraction of sp³-hybridized carbons (Fsp3) is 0.524. The van der Waals surface area contributed by atoms with Gasteiger partial charge in [0.05, 0.1) is 25.9 Å². The molecule has 162 valence electrons. The van der Waals surface area contributed by atoms with Crippen LogP contribution in [0.25, 0.3) is 0 Å². The Bertz CT molecular complexity index is 774. The summed E-state index contributed by atoms with van der Waals surface area (Å²) in [5, 5.41) is 9.74. The summed E-state index contributed by atoms with van der Waals surface area (Å²) in [6, 6.07) is 7.66. The molecule has 0 spiro atoms. The lowest BCUT2D eigenvalue weighted by Gasteiger charge is -2.19. The summed E-state index contributed by atoms with van der Waals surface area (Å²) in [6.45, 7) is 12.5. The molecule has 0 fully saturated rings. The molecule has 8 heteroatoms. The fourth-order valence-electron chi connectivity index (χ4n) is 2.43. The molecule has 1 unspecified atom stereocenters. The normalized spacial score (nSPS) is 12.7. The van der Waals surface area contributed by atoms with Gasteiger partial charge < -0.3 is 20.1 Å². The zero-order chi connectivity index (χ0) is 20.6. The number of guanidine groups is 1. The summed E-state index contributed by atoms with van der Waals surface area (Å²) >= 11 is 1.65. The topological polar surface area (TPSA) is 67.8 Å². The molecule has 0 aliphatic rings. The number of ether oxygens (including phenoxy) is 2. The van der Waals surface area contributed by atoms with Crippen LogP contribution in [0.4, 0.5) is 0 Å². The van der Waals surface area contributed by atoms with Crippen LogP contribution in [0.15, 0.2) is 34.6 Å². The second-order valence-electron chi connectivity index (χ2n) is 7.53. The molecule has 1 aromatic heterocycles. The van der Waals surface area contributed by atoms with Gasteiger partial charge in [-0.15, -0.1) is 35.3 Å². The van der Waals surface area contributed by atoms with Gasteiger partial charge in [0.2, 0.25) is 0 Å². The van der Waals surface area contributed by atoms with Gasteiger partial charge >= 0.3 is 0 Å². The van der Waals surface area contributed by atoms with Crippen molar-refractivity contribution in [1.29, 1.82) is 0 Å². The number of rotatable bonds is 8. The van der Waals surface area contributed by atoms with Crippen molar-refractivity contribution >= 4 is 41.3 Å². The monoisotopic (exact) mass is 532 g/mol. The van der Waals surface area contributed by atoms with Crippen LogP contribution in [0.3, 0.4) is 0 Å². The number of nitrogens with zero attached hydrogens (tertiary/aromatic N) is 2. The molecule has 29 heavy (non-hydrogen) atoms. The lowest BCUT2D eigenvalue weighted by atomic mass is 9.93. The maximum atomic E-state index is 5.99. The van der Waals surface area contributed by atoms with Gasteiger partial charge in [0.25, 0.3) is 0 Å². The maximum Gasteiger partial charge on any atom is 0.191 e. The third-order valence-electron chi connectivity index (χ3n) is 3.99. The Balaban J connectivity index is 0.00000420. The first kappa shape index (κ1) is 25.5. The van der Waals surface area contributed by atoms with Gasteiger partial charge in [-0.2, -0.15) is 0 Å². The fourth-order valence-corrected chi connectivity index (χ4v) is 3.38. The molecule has 0 aliphatic carbocycles. The molecular formula is C21H33IN4O2S. The number of nitrogens with one attached hydrogen (secondary N) is 2. The highest BCUT2D eigenvalue weighted by atomic mass is 127. The van der Waals surface area contributed by atoms with Crippen LogP contribution in [0, 0.1) is 0 Å². The molecule has 0 radical (unpaired) electrons. The number of aliphatic imine (C=N–C) groups is 1. The van der Waals surface area contributed by atoms with Crippen molar-refractivity contribution in [2.75, 3.05) is 20.2 Å². The maximum absolute atomic E-state index is 5.99. The smallest absolute Gasteiger partial charge is 0.191 e. The predicted molar refractivity (Wildman–Crippen MR) is 132 cm³/mol. The first-order valence-corrected chi connectivity index (χ1v) is 10.5. The van der Waals surface area contributed by atoms with Crippen LogP contribution in [-0.2, 0) is 12.0 Å². The minimum absolute atomic E-state index is 0. The van der Waals surface area contributed by atoms with Crippen LogP contribution in [0.1, 0.15) is 45.3 Å². The zero-order valence-electron chi connectivity index (χ0n) is 18.1. The van der Waals surface area contributed by atoms with Crippen molar-refractivity contribution in [2.24, 2.45) is 4.99 Å². The quantitative estimate of drug-likeness (QED) is 0.296. The van der Waals surface area contributed by atoms with Gasteiger partial charge in [0.15, 0.2) is 17.5 Å². The number of methoxy groups -OCH3 is 1. The van der Waals surface area contributed by atoms with Crippen LogP contribution in [0.2, 0.25) is 0 Å². The largest absolute Gasteiger partial charge is 0.493 e. The first-order chi connectivity index (χ1) is 13.3. The lowest BCUT2D eigenvalue weighted by molar-refractivity contribution is 0.213. The predicted octanol–water partition coefficient (Wildman–Crippen LogP) is 4.59. The number of thiazole rings is 1. The van der Waals surface area contributed by atoms with E-state index in [1.54, 1.807) is 18.4 Å². The number of hydrogen-bond acceptors (Lipinski definition) is 5. The van der Waals surface area contributed by atoms with E-state index in [1.807, 2.05) is 38.1 Å². The van der Waals surface area contributed by atoms with E-state index in [0.717, 1.165) is 34.7 Å². The Morgan fingerprint density at radius 1 is 1.21 bits per heavy atom. The van der Waals surface area contributed by atoms with Gasteiger partial charge in [-0.05, 0) is 26.0 Å². The van der Waals surface area contributed by atoms with Crippen molar-refractivity contribution in [2.45, 2.75) is 52.7 Å². The summed E-state index contributed by atoms with van der Waals surface area (Å²) in [5.74, 6) is 2.22. The molecular weight excluding hydrogens is 499 g/mol. The molecule has 0 amide bonds. The summed E-state index contributed by atoms with van der Waals surface area (Å²) in [4.78, 5) is 9.35. The van der Waals surface area contributed by atoms with E-state index in [-0.39, 0.29) is 35.5 Å². The molecule has 2 rings (SSSR count). The zero-order valence-corrected chi connectivity index (χ0v) is 21.3. The third kappa shape index (κ3) is 8.38. The lowest BCUT2D eigenvalue weighted by Crippen LogP contribution is -2.41. The minimum Gasteiger partial charge on any atom is -0.493 e. The van der Waals surface area contributed by atoms with Crippen LogP contribution in [0.5, 0.6) is 11.5 Å². The van der Waals surface area contributed by atoms with E-state index in [9.17, 15) is 0 Å². The second-order valence-corrected chi connectivity index (χ2v) is 8.47. The first-order valence-electron chi connectivity index (χ1n) is 9.60. The molecule has 2 N–H and O–H groups in total. The van der Waals surface area contributed by atoms with Gasteiger partial charge in [-0.1, -0.05) is 32.9 Å². The van der Waals surface area contributed by atoms with Crippen molar-refractivity contribution < 1.29 is 9.47 Å². The van der Waals surface area contributed by atoms with Crippen molar-refractivity contribution in [3.8, 4) is 11.5 Å². The Hall–Kier alpha value is -1.55. The van der Waals surface area contributed by atoms with E-state index < -0.39 is 0 Å². The van der Waals surface area contributed by atoms with Gasteiger partial charge in [0, 0.05) is 17.3 Å².